The van der Waals surface area contributed by atoms with Crippen LogP contribution in [0.4, 0.5) is 0 Å². The highest BCUT2D eigenvalue weighted by molar-refractivity contribution is 7.09. The second-order valence-electron chi connectivity index (χ2n) is 6.93. The summed E-state index contributed by atoms with van der Waals surface area (Å²) in [6, 6.07) is 6.91. The average molecular weight is 403 g/mol. The van der Waals surface area contributed by atoms with E-state index in [9.17, 15) is 9.59 Å². The van der Waals surface area contributed by atoms with Crippen molar-refractivity contribution in [3.05, 3.63) is 45.9 Å². The first kappa shape index (κ1) is 20.3. The molecule has 1 aliphatic rings. The summed E-state index contributed by atoms with van der Waals surface area (Å²) in [5.41, 5.74) is 1.13. The Morgan fingerprint density at radius 1 is 1.18 bits per heavy atom. The summed E-state index contributed by atoms with van der Waals surface area (Å²) in [6.07, 6.45) is 3.46. The first-order valence-electron chi connectivity index (χ1n) is 9.67. The molecular weight excluding hydrogens is 376 g/mol. The van der Waals surface area contributed by atoms with Crippen molar-refractivity contribution in [1.82, 2.24) is 9.88 Å². The van der Waals surface area contributed by atoms with Gasteiger partial charge in [-0.15, -0.1) is 11.3 Å². The maximum atomic E-state index is 12.7. The standard InChI is InChI=1S/C21H26N2O4S/c1-15(20(24)23-11-7-3-4-8-12-23)27-21(25)18-9-5-6-10-19(18)26-13-17-14-28-16(2)22-17/h5-6,9-10,14-15H,3-4,7-8,11-13H2,1-2H3/t15-/m0/s1. The number of para-hydroxylation sites is 1. The average Bonchev–Trinajstić information content (AvgIpc) is 2.94. The molecule has 1 aromatic heterocycles. The lowest BCUT2D eigenvalue weighted by Gasteiger charge is -2.24. The van der Waals surface area contributed by atoms with E-state index in [1.54, 1.807) is 47.4 Å². The lowest BCUT2D eigenvalue weighted by atomic mass is 10.2. The van der Waals surface area contributed by atoms with Crippen molar-refractivity contribution in [3.8, 4) is 5.75 Å². The number of aryl methyl sites for hydroxylation is 1. The number of hydrogen-bond donors (Lipinski definition) is 0. The highest BCUT2D eigenvalue weighted by Crippen LogP contribution is 2.22. The van der Waals surface area contributed by atoms with Crippen molar-refractivity contribution in [1.29, 1.82) is 0 Å². The largest absolute Gasteiger partial charge is 0.486 e. The van der Waals surface area contributed by atoms with Gasteiger partial charge in [0.2, 0.25) is 0 Å². The fourth-order valence-electron chi connectivity index (χ4n) is 3.21. The second kappa shape index (κ2) is 9.68. The van der Waals surface area contributed by atoms with Crippen molar-refractivity contribution in [3.63, 3.8) is 0 Å². The Hall–Kier alpha value is -2.41. The molecule has 1 fully saturated rings. The zero-order valence-electron chi connectivity index (χ0n) is 16.3. The van der Waals surface area contributed by atoms with Crippen LogP contribution in [0.15, 0.2) is 29.6 Å². The van der Waals surface area contributed by atoms with Crippen LogP contribution in [0.1, 0.15) is 53.7 Å². The fourth-order valence-corrected chi connectivity index (χ4v) is 3.81. The molecule has 0 bridgehead atoms. The van der Waals surface area contributed by atoms with Crippen LogP contribution in [0, 0.1) is 6.92 Å². The van der Waals surface area contributed by atoms with E-state index in [4.69, 9.17) is 9.47 Å². The zero-order valence-corrected chi connectivity index (χ0v) is 17.2. The Morgan fingerprint density at radius 3 is 2.57 bits per heavy atom. The van der Waals surface area contributed by atoms with Crippen molar-refractivity contribution < 1.29 is 19.1 Å². The van der Waals surface area contributed by atoms with Gasteiger partial charge in [0.1, 0.15) is 17.9 Å². The predicted molar refractivity (Wildman–Crippen MR) is 108 cm³/mol. The molecule has 1 aromatic carbocycles. The summed E-state index contributed by atoms with van der Waals surface area (Å²) in [4.78, 5) is 31.4. The highest BCUT2D eigenvalue weighted by Gasteiger charge is 2.26. The van der Waals surface area contributed by atoms with E-state index < -0.39 is 12.1 Å². The number of carbonyl (C=O) groups excluding carboxylic acids is 2. The normalized spacial score (nSPS) is 15.6. The Balaban J connectivity index is 1.62. The number of amides is 1. The summed E-state index contributed by atoms with van der Waals surface area (Å²) in [6.45, 7) is 5.30. The number of hydrogen-bond acceptors (Lipinski definition) is 6. The van der Waals surface area contributed by atoms with Gasteiger partial charge in [0, 0.05) is 18.5 Å². The molecule has 7 heteroatoms. The van der Waals surface area contributed by atoms with E-state index in [0.29, 0.717) is 11.3 Å². The van der Waals surface area contributed by atoms with Gasteiger partial charge in [0.15, 0.2) is 6.10 Å². The first-order chi connectivity index (χ1) is 13.5. The van der Waals surface area contributed by atoms with E-state index in [-0.39, 0.29) is 12.5 Å². The zero-order chi connectivity index (χ0) is 19.9. The van der Waals surface area contributed by atoms with Gasteiger partial charge in [0.05, 0.1) is 10.7 Å². The molecule has 1 amide bonds. The van der Waals surface area contributed by atoms with Crippen LogP contribution >= 0.6 is 11.3 Å². The molecule has 1 saturated heterocycles. The Morgan fingerprint density at radius 2 is 1.89 bits per heavy atom. The minimum absolute atomic E-state index is 0.133. The minimum Gasteiger partial charge on any atom is -0.486 e. The summed E-state index contributed by atoms with van der Waals surface area (Å²) in [5, 5.41) is 2.89. The number of nitrogens with zero attached hydrogens (tertiary/aromatic N) is 2. The minimum atomic E-state index is -0.820. The molecule has 0 N–H and O–H groups in total. The molecule has 1 atom stereocenters. The number of ether oxygens (including phenoxy) is 2. The van der Waals surface area contributed by atoms with E-state index in [1.165, 1.54) is 0 Å². The monoisotopic (exact) mass is 402 g/mol. The molecule has 150 valence electrons. The maximum absolute atomic E-state index is 12.7. The van der Waals surface area contributed by atoms with Crippen molar-refractivity contribution >= 4 is 23.2 Å². The Bertz CT molecular complexity index is 812. The van der Waals surface area contributed by atoms with Gasteiger partial charge in [-0.1, -0.05) is 25.0 Å². The van der Waals surface area contributed by atoms with Crippen molar-refractivity contribution in [2.75, 3.05) is 13.1 Å². The number of esters is 1. The SMILES string of the molecule is Cc1nc(COc2ccccc2C(=O)O[C@@H](C)C(=O)N2CCCCCC2)cs1. The first-order valence-corrected chi connectivity index (χ1v) is 10.5. The molecule has 0 spiro atoms. The predicted octanol–water partition coefficient (Wildman–Crippen LogP) is 3.98. The van der Waals surface area contributed by atoms with Crippen LogP contribution in [0.5, 0.6) is 5.75 Å². The summed E-state index contributed by atoms with van der Waals surface area (Å²) >= 11 is 1.55. The third kappa shape index (κ3) is 5.32. The molecule has 6 nitrogen and oxygen atoms in total. The molecule has 2 heterocycles. The third-order valence-electron chi connectivity index (χ3n) is 4.70. The van der Waals surface area contributed by atoms with Crippen molar-refractivity contribution in [2.45, 2.75) is 52.2 Å². The van der Waals surface area contributed by atoms with E-state index >= 15 is 0 Å². The third-order valence-corrected chi connectivity index (χ3v) is 5.52. The molecule has 0 radical (unpaired) electrons. The molecule has 0 saturated carbocycles. The van der Waals surface area contributed by atoms with Crippen molar-refractivity contribution in [2.24, 2.45) is 0 Å². The van der Waals surface area contributed by atoms with E-state index in [0.717, 1.165) is 49.5 Å². The van der Waals surface area contributed by atoms with Gasteiger partial charge >= 0.3 is 5.97 Å². The number of thiazole rings is 1. The molecular formula is C21H26N2O4S. The Kier molecular flexibility index (Phi) is 7.03. The van der Waals surface area contributed by atoms with Gasteiger partial charge in [-0.25, -0.2) is 9.78 Å². The van der Waals surface area contributed by atoms with Crippen LogP contribution < -0.4 is 4.74 Å². The van der Waals surface area contributed by atoms with Gasteiger partial charge in [0.25, 0.3) is 5.91 Å². The molecule has 3 rings (SSSR count). The molecule has 0 aliphatic carbocycles. The fraction of sp³-hybridized carbons (Fsp3) is 0.476. The van der Waals surface area contributed by atoms with Crippen LogP contribution in [0.25, 0.3) is 0 Å². The summed E-state index contributed by atoms with van der Waals surface area (Å²) in [7, 11) is 0. The summed E-state index contributed by atoms with van der Waals surface area (Å²) in [5.74, 6) is -0.264. The molecule has 1 aliphatic heterocycles. The molecule has 0 unspecified atom stereocenters. The quantitative estimate of drug-likeness (QED) is 0.684. The van der Waals surface area contributed by atoms with Crippen LogP contribution in [0.3, 0.4) is 0 Å². The lowest BCUT2D eigenvalue weighted by molar-refractivity contribution is -0.139. The highest BCUT2D eigenvalue weighted by atomic mass is 32.1. The van der Waals surface area contributed by atoms with Crippen LogP contribution in [-0.4, -0.2) is 41.0 Å². The lowest BCUT2D eigenvalue weighted by Crippen LogP contribution is -2.40. The van der Waals surface area contributed by atoms with Gasteiger partial charge < -0.3 is 14.4 Å². The number of rotatable bonds is 6. The molecule has 2 aromatic rings. The van der Waals surface area contributed by atoms with E-state index in [2.05, 4.69) is 4.98 Å². The second-order valence-corrected chi connectivity index (χ2v) is 7.99. The maximum Gasteiger partial charge on any atom is 0.342 e. The number of likely N-dealkylation sites (tertiary alicyclic amines) is 1. The number of aromatic nitrogens is 1. The Labute approximate surface area is 169 Å². The topological polar surface area (TPSA) is 68.7 Å². The van der Waals surface area contributed by atoms with Crippen LogP contribution in [-0.2, 0) is 16.1 Å². The summed E-state index contributed by atoms with van der Waals surface area (Å²) < 4.78 is 11.2. The van der Waals surface area contributed by atoms with Crippen LogP contribution in [0.2, 0.25) is 0 Å². The number of carbonyl (C=O) groups is 2. The van der Waals surface area contributed by atoms with Gasteiger partial charge in [-0.05, 0) is 38.8 Å². The van der Waals surface area contributed by atoms with Gasteiger partial charge in [-0.2, -0.15) is 0 Å². The molecule has 28 heavy (non-hydrogen) atoms. The smallest absolute Gasteiger partial charge is 0.342 e. The van der Waals surface area contributed by atoms with Gasteiger partial charge in [-0.3, -0.25) is 4.79 Å². The van der Waals surface area contributed by atoms with E-state index in [1.807, 2.05) is 12.3 Å². The number of benzene rings is 1.